The number of rotatable bonds is 6. The van der Waals surface area contributed by atoms with Crippen LogP contribution < -0.4 is 5.32 Å². The topological polar surface area (TPSA) is 59.8 Å². The second-order valence-electron chi connectivity index (χ2n) is 5.48. The molecule has 0 radical (unpaired) electrons. The standard InChI is InChI=1S/C16H22N4O/c1-12(2)16(21)17-9-10-20-11-15(18-19-20)13(3)14-7-5-4-6-8-14/h4-8,11-13H,9-10H2,1-3H3,(H,17,21)/t13-/m0/s1. The van der Waals surface area contributed by atoms with E-state index in [0.717, 1.165) is 5.69 Å². The number of carbonyl (C=O) groups is 1. The zero-order chi connectivity index (χ0) is 15.2. The molecule has 0 aliphatic rings. The van der Waals surface area contributed by atoms with E-state index >= 15 is 0 Å². The number of benzene rings is 1. The Morgan fingerprint density at radius 2 is 1.95 bits per heavy atom. The summed E-state index contributed by atoms with van der Waals surface area (Å²) in [5.74, 6) is 0.285. The van der Waals surface area contributed by atoms with Crippen LogP contribution in [0, 0.1) is 5.92 Å². The van der Waals surface area contributed by atoms with Crippen LogP contribution in [0.2, 0.25) is 0 Å². The van der Waals surface area contributed by atoms with Crippen LogP contribution in [0.3, 0.4) is 0 Å². The monoisotopic (exact) mass is 286 g/mol. The fourth-order valence-corrected chi connectivity index (χ4v) is 2.03. The van der Waals surface area contributed by atoms with Gasteiger partial charge in [-0.3, -0.25) is 9.48 Å². The van der Waals surface area contributed by atoms with Crippen LogP contribution in [0.15, 0.2) is 36.5 Å². The van der Waals surface area contributed by atoms with Crippen LogP contribution in [0.1, 0.15) is 37.9 Å². The third-order valence-electron chi connectivity index (χ3n) is 3.46. The highest BCUT2D eigenvalue weighted by molar-refractivity contribution is 5.77. The largest absolute Gasteiger partial charge is 0.354 e. The van der Waals surface area contributed by atoms with E-state index in [4.69, 9.17) is 0 Å². The van der Waals surface area contributed by atoms with Gasteiger partial charge in [0.2, 0.25) is 5.91 Å². The molecule has 1 aromatic heterocycles. The number of hydrogen-bond acceptors (Lipinski definition) is 3. The Balaban J connectivity index is 1.91. The van der Waals surface area contributed by atoms with Gasteiger partial charge in [-0.25, -0.2) is 0 Å². The van der Waals surface area contributed by atoms with Gasteiger partial charge in [-0.05, 0) is 5.56 Å². The zero-order valence-corrected chi connectivity index (χ0v) is 12.8. The normalized spacial score (nSPS) is 12.4. The Morgan fingerprint density at radius 1 is 1.24 bits per heavy atom. The summed E-state index contributed by atoms with van der Waals surface area (Å²) in [5.41, 5.74) is 2.16. The predicted octanol–water partition coefficient (Wildman–Crippen LogP) is 2.20. The number of nitrogens with one attached hydrogen (secondary N) is 1. The van der Waals surface area contributed by atoms with E-state index in [-0.39, 0.29) is 17.7 Å². The minimum atomic E-state index is 0.00871. The molecule has 21 heavy (non-hydrogen) atoms. The highest BCUT2D eigenvalue weighted by atomic mass is 16.1. The average Bonchev–Trinajstić information content (AvgIpc) is 2.96. The summed E-state index contributed by atoms with van der Waals surface area (Å²) in [4.78, 5) is 11.5. The molecule has 5 heteroatoms. The zero-order valence-electron chi connectivity index (χ0n) is 12.8. The lowest BCUT2D eigenvalue weighted by Crippen LogP contribution is -2.30. The van der Waals surface area contributed by atoms with Crippen molar-refractivity contribution in [3.8, 4) is 0 Å². The first-order valence-electron chi connectivity index (χ1n) is 7.30. The van der Waals surface area contributed by atoms with Gasteiger partial charge in [0.15, 0.2) is 0 Å². The van der Waals surface area contributed by atoms with Crippen LogP contribution in [-0.2, 0) is 11.3 Å². The molecule has 0 saturated carbocycles. The van der Waals surface area contributed by atoms with E-state index in [1.807, 2.05) is 38.2 Å². The van der Waals surface area contributed by atoms with Crippen molar-refractivity contribution in [2.24, 2.45) is 5.92 Å². The third kappa shape index (κ3) is 4.15. The molecule has 1 atom stereocenters. The molecule has 0 unspecified atom stereocenters. The molecular formula is C16H22N4O. The molecule has 5 nitrogen and oxygen atoms in total. The second kappa shape index (κ2) is 7.02. The Morgan fingerprint density at radius 3 is 2.62 bits per heavy atom. The van der Waals surface area contributed by atoms with Crippen LogP contribution in [0.5, 0.6) is 0 Å². The summed E-state index contributed by atoms with van der Waals surface area (Å²) < 4.78 is 1.77. The first-order chi connectivity index (χ1) is 10.1. The quantitative estimate of drug-likeness (QED) is 0.885. The van der Waals surface area contributed by atoms with Crippen molar-refractivity contribution in [3.05, 3.63) is 47.8 Å². The fraction of sp³-hybridized carbons (Fsp3) is 0.438. The molecule has 2 rings (SSSR count). The number of hydrogen-bond donors (Lipinski definition) is 1. The molecule has 0 bridgehead atoms. The molecule has 0 fully saturated rings. The summed E-state index contributed by atoms with van der Waals surface area (Å²) in [7, 11) is 0. The summed E-state index contributed by atoms with van der Waals surface area (Å²) >= 11 is 0. The van der Waals surface area contributed by atoms with Gasteiger partial charge in [0.05, 0.1) is 12.2 Å². The number of nitrogens with zero attached hydrogens (tertiary/aromatic N) is 3. The van der Waals surface area contributed by atoms with Crippen LogP contribution >= 0.6 is 0 Å². The maximum absolute atomic E-state index is 11.5. The Bertz CT molecular complexity index is 577. The summed E-state index contributed by atoms with van der Waals surface area (Å²) in [6, 6.07) is 10.2. The lowest BCUT2D eigenvalue weighted by molar-refractivity contribution is -0.124. The van der Waals surface area contributed by atoms with E-state index in [1.54, 1.807) is 4.68 Å². The molecule has 112 valence electrons. The van der Waals surface area contributed by atoms with Gasteiger partial charge >= 0.3 is 0 Å². The van der Waals surface area contributed by atoms with Crippen molar-refractivity contribution in [2.75, 3.05) is 6.54 Å². The molecule has 1 aromatic carbocycles. The van der Waals surface area contributed by atoms with Gasteiger partial charge in [0.25, 0.3) is 0 Å². The van der Waals surface area contributed by atoms with E-state index in [1.165, 1.54) is 5.56 Å². The van der Waals surface area contributed by atoms with Gasteiger partial charge in [-0.15, -0.1) is 5.10 Å². The smallest absolute Gasteiger partial charge is 0.222 e. The van der Waals surface area contributed by atoms with Gasteiger partial charge in [0, 0.05) is 24.6 Å². The maximum atomic E-state index is 11.5. The Hall–Kier alpha value is -2.17. The molecule has 0 aliphatic heterocycles. The van der Waals surface area contributed by atoms with Crippen molar-refractivity contribution in [1.82, 2.24) is 20.3 Å². The van der Waals surface area contributed by atoms with E-state index < -0.39 is 0 Å². The van der Waals surface area contributed by atoms with Crippen LogP contribution in [-0.4, -0.2) is 27.4 Å². The van der Waals surface area contributed by atoms with E-state index in [2.05, 4.69) is 34.7 Å². The molecule has 2 aromatic rings. The van der Waals surface area contributed by atoms with Crippen molar-refractivity contribution in [3.63, 3.8) is 0 Å². The van der Waals surface area contributed by atoms with Gasteiger partial charge < -0.3 is 5.32 Å². The van der Waals surface area contributed by atoms with Gasteiger partial charge in [0.1, 0.15) is 0 Å². The summed E-state index contributed by atoms with van der Waals surface area (Å²) in [6.45, 7) is 7.08. The Kier molecular flexibility index (Phi) is 5.09. The lowest BCUT2D eigenvalue weighted by Gasteiger charge is -2.08. The fourth-order valence-electron chi connectivity index (χ4n) is 2.03. The third-order valence-corrected chi connectivity index (χ3v) is 3.46. The highest BCUT2D eigenvalue weighted by Gasteiger charge is 2.12. The van der Waals surface area contributed by atoms with Gasteiger partial charge in [-0.2, -0.15) is 0 Å². The summed E-state index contributed by atoms with van der Waals surface area (Å²) in [6.07, 6.45) is 1.94. The first-order valence-corrected chi connectivity index (χ1v) is 7.30. The minimum Gasteiger partial charge on any atom is -0.354 e. The molecule has 1 N–H and O–H groups in total. The summed E-state index contributed by atoms with van der Waals surface area (Å²) in [5, 5.41) is 11.2. The van der Waals surface area contributed by atoms with Crippen LogP contribution in [0.4, 0.5) is 0 Å². The molecular weight excluding hydrogens is 264 g/mol. The number of amides is 1. The highest BCUT2D eigenvalue weighted by Crippen LogP contribution is 2.21. The predicted molar refractivity (Wildman–Crippen MR) is 81.8 cm³/mol. The second-order valence-corrected chi connectivity index (χ2v) is 5.48. The van der Waals surface area contributed by atoms with E-state index in [9.17, 15) is 4.79 Å². The minimum absolute atomic E-state index is 0.00871. The van der Waals surface area contributed by atoms with Crippen molar-refractivity contribution < 1.29 is 4.79 Å². The molecule has 1 amide bonds. The SMILES string of the molecule is CC(C)C(=O)NCCn1cc([C@@H](C)c2ccccc2)nn1. The number of aromatic nitrogens is 3. The van der Waals surface area contributed by atoms with Gasteiger partial charge in [-0.1, -0.05) is 56.3 Å². The number of carbonyl (C=O) groups excluding carboxylic acids is 1. The van der Waals surface area contributed by atoms with Crippen LogP contribution in [0.25, 0.3) is 0 Å². The lowest BCUT2D eigenvalue weighted by atomic mass is 9.99. The first kappa shape index (κ1) is 15.2. The molecule has 0 saturated heterocycles. The average molecular weight is 286 g/mol. The van der Waals surface area contributed by atoms with Crippen molar-refractivity contribution >= 4 is 5.91 Å². The Labute approximate surface area is 125 Å². The van der Waals surface area contributed by atoms with Crippen molar-refractivity contribution in [1.29, 1.82) is 0 Å². The molecule has 0 aliphatic carbocycles. The molecule has 1 heterocycles. The molecule has 0 spiro atoms. The van der Waals surface area contributed by atoms with E-state index in [0.29, 0.717) is 13.1 Å². The van der Waals surface area contributed by atoms with Crippen molar-refractivity contribution in [2.45, 2.75) is 33.2 Å². The maximum Gasteiger partial charge on any atom is 0.222 e.